The van der Waals surface area contributed by atoms with Crippen LogP contribution in [0.1, 0.15) is 63.9 Å². The fourth-order valence-electron chi connectivity index (χ4n) is 3.77. The first kappa shape index (κ1) is 20.7. The van der Waals surface area contributed by atoms with Crippen LogP contribution in [0.15, 0.2) is 24.3 Å². The number of amides is 1. The largest absolute Gasteiger partial charge is 0.490 e. The molecule has 0 aliphatic heterocycles. The highest BCUT2D eigenvalue weighted by Gasteiger charge is 2.27. The highest BCUT2D eigenvalue weighted by atomic mass is 16.5. The van der Waals surface area contributed by atoms with Gasteiger partial charge in [0.2, 0.25) is 5.91 Å². The molecular weight excluding hydrogens is 354 g/mol. The molecule has 2 fully saturated rings. The molecule has 3 rings (SSSR count). The van der Waals surface area contributed by atoms with Crippen molar-refractivity contribution >= 4 is 11.9 Å². The van der Waals surface area contributed by atoms with Crippen molar-refractivity contribution in [3.05, 3.63) is 29.8 Å². The molecule has 2 saturated carbocycles. The molecule has 1 amide bonds. The number of benzene rings is 1. The summed E-state index contributed by atoms with van der Waals surface area (Å²) < 4.78 is 11.1. The van der Waals surface area contributed by atoms with Crippen LogP contribution >= 0.6 is 0 Å². The summed E-state index contributed by atoms with van der Waals surface area (Å²) in [5.41, 5.74) is 1.13. The Labute approximate surface area is 168 Å². The Morgan fingerprint density at radius 3 is 2.61 bits per heavy atom. The van der Waals surface area contributed by atoms with Gasteiger partial charge in [-0.1, -0.05) is 12.1 Å². The summed E-state index contributed by atoms with van der Waals surface area (Å²) in [7, 11) is 0. The lowest BCUT2D eigenvalue weighted by Crippen LogP contribution is -2.35. The maximum atomic E-state index is 12.8. The first-order chi connectivity index (χ1) is 13.6. The molecular formula is C23H33NO4. The van der Waals surface area contributed by atoms with Crippen molar-refractivity contribution in [1.29, 1.82) is 0 Å². The molecule has 28 heavy (non-hydrogen) atoms. The predicted molar refractivity (Wildman–Crippen MR) is 108 cm³/mol. The minimum Gasteiger partial charge on any atom is -0.490 e. The summed E-state index contributed by atoms with van der Waals surface area (Å²) in [5.74, 6) is 1.41. The van der Waals surface area contributed by atoms with Crippen LogP contribution in [0.5, 0.6) is 5.75 Å². The van der Waals surface area contributed by atoms with Gasteiger partial charge in [-0.05, 0) is 75.5 Å². The van der Waals surface area contributed by atoms with Gasteiger partial charge in [0.05, 0.1) is 19.1 Å². The van der Waals surface area contributed by atoms with Crippen molar-refractivity contribution in [1.82, 2.24) is 4.90 Å². The molecule has 2 aliphatic carbocycles. The van der Waals surface area contributed by atoms with E-state index in [0.29, 0.717) is 38.0 Å². The predicted octanol–water partition coefficient (Wildman–Crippen LogP) is 4.13. The minimum atomic E-state index is -0.229. The zero-order valence-electron chi connectivity index (χ0n) is 17.0. The third-order valence-electron chi connectivity index (χ3n) is 5.55. The van der Waals surface area contributed by atoms with Crippen LogP contribution in [0.4, 0.5) is 0 Å². The van der Waals surface area contributed by atoms with Crippen LogP contribution < -0.4 is 4.74 Å². The molecule has 0 spiro atoms. The summed E-state index contributed by atoms with van der Waals surface area (Å²) in [5, 5.41) is 0. The Balaban J connectivity index is 1.49. The number of carbonyl (C=O) groups is 2. The van der Waals surface area contributed by atoms with Crippen LogP contribution in [0, 0.1) is 5.92 Å². The second-order valence-corrected chi connectivity index (χ2v) is 8.01. The molecule has 0 N–H and O–H groups in total. The Morgan fingerprint density at radius 1 is 1.11 bits per heavy atom. The highest BCUT2D eigenvalue weighted by Crippen LogP contribution is 2.30. The highest BCUT2D eigenvalue weighted by molar-refractivity contribution is 5.77. The Bertz CT molecular complexity index is 650. The molecule has 1 aromatic rings. The Kier molecular flexibility index (Phi) is 7.75. The fraction of sp³-hybridized carbons (Fsp3) is 0.652. The molecule has 0 unspecified atom stereocenters. The van der Waals surface area contributed by atoms with E-state index in [4.69, 9.17) is 9.47 Å². The molecule has 0 heterocycles. The lowest BCUT2D eigenvalue weighted by Gasteiger charge is -2.22. The van der Waals surface area contributed by atoms with Crippen LogP contribution in [-0.4, -0.2) is 42.6 Å². The van der Waals surface area contributed by atoms with Gasteiger partial charge in [0.25, 0.3) is 0 Å². The molecule has 0 aromatic heterocycles. The molecule has 0 radical (unpaired) electrons. The molecule has 0 saturated heterocycles. The van der Waals surface area contributed by atoms with Crippen molar-refractivity contribution in [2.45, 2.75) is 70.8 Å². The zero-order valence-corrected chi connectivity index (χ0v) is 17.0. The number of hydrogen-bond donors (Lipinski definition) is 0. The quantitative estimate of drug-likeness (QED) is 0.536. The van der Waals surface area contributed by atoms with Gasteiger partial charge in [-0.2, -0.15) is 0 Å². The molecule has 1 aromatic carbocycles. The number of rotatable bonds is 11. The lowest BCUT2D eigenvalue weighted by molar-refractivity contribution is -0.144. The smallest absolute Gasteiger partial charge is 0.307 e. The minimum absolute atomic E-state index is 0.123. The lowest BCUT2D eigenvalue weighted by atomic mass is 10.1. The normalized spacial score (nSPS) is 16.8. The van der Waals surface area contributed by atoms with Gasteiger partial charge >= 0.3 is 5.97 Å². The number of carbonyl (C=O) groups excluding carboxylic acids is 2. The molecule has 0 bridgehead atoms. The maximum absolute atomic E-state index is 12.8. The molecule has 0 atom stereocenters. The van der Waals surface area contributed by atoms with Crippen LogP contribution in [0.2, 0.25) is 0 Å². The van der Waals surface area contributed by atoms with Crippen molar-refractivity contribution < 1.29 is 19.1 Å². The third-order valence-corrected chi connectivity index (χ3v) is 5.55. The van der Waals surface area contributed by atoms with Crippen molar-refractivity contribution in [3.8, 4) is 5.75 Å². The van der Waals surface area contributed by atoms with E-state index in [0.717, 1.165) is 30.7 Å². The van der Waals surface area contributed by atoms with Crippen LogP contribution in [-0.2, 0) is 20.7 Å². The number of hydrogen-bond acceptors (Lipinski definition) is 4. The zero-order chi connectivity index (χ0) is 19.8. The number of ether oxygens (including phenoxy) is 2. The second kappa shape index (κ2) is 10.5. The van der Waals surface area contributed by atoms with E-state index in [-0.39, 0.29) is 18.3 Å². The molecule has 5 nitrogen and oxygen atoms in total. The van der Waals surface area contributed by atoms with E-state index in [1.54, 1.807) is 6.92 Å². The van der Waals surface area contributed by atoms with Crippen LogP contribution in [0.3, 0.4) is 0 Å². The second-order valence-electron chi connectivity index (χ2n) is 8.01. The van der Waals surface area contributed by atoms with Crippen molar-refractivity contribution in [2.24, 2.45) is 5.92 Å². The van der Waals surface area contributed by atoms with E-state index >= 15 is 0 Å². The molecule has 5 heteroatoms. The average Bonchev–Trinajstić information content (AvgIpc) is 3.37. The van der Waals surface area contributed by atoms with Gasteiger partial charge < -0.3 is 14.4 Å². The maximum Gasteiger partial charge on any atom is 0.307 e. The topological polar surface area (TPSA) is 55.8 Å². The van der Waals surface area contributed by atoms with Gasteiger partial charge in [-0.25, -0.2) is 0 Å². The summed E-state index contributed by atoms with van der Waals surface area (Å²) in [6.07, 6.45) is 8.92. The first-order valence-corrected chi connectivity index (χ1v) is 10.8. The van der Waals surface area contributed by atoms with Gasteiger partial charge in [-0.3, -0.25) is 9.59 Å². The van der Waals surface area contributed by atoms with E-state index in [9.17, 15) is 9.59 Å². The number of aryl methyl sites for hydroxylation is 1. The number of nitrogens with zero attached hydrogens (tertiary/aromatic N) is 1. The van der Waals surface area contributed by atoms with E-state index in [1.807, 2.05) is 17.0 Å². The summed E-state index contributed by atoms with van der Waals surface area (Å²) in [4.78, 5) is 26.3. The standard InChI is InChI=1S/C23H33NO4/c1-2-27-23(26)14-15-24(17-19-10-11-19)22(25)13-12-18-6-5-9-21(16-18)28-20-7-3-4-8-20/h5-6,9,16,19-20H,2-4,7-8,10-15,17H2,1H3. The Morgan fingerprint density at radius 2 is 1.89 bits per heavy atom. The summed E-state index contributed by atoms with van der Waals surface area (Å²) in [6.45, 7) is 3.41. The third kappa shape index (κ3) is 6.84. The monoisotopic (exact) mass is 387 g/mol. The van der Waals surface area contributed by atoms with E-state index in [1.165, 1.54) is 25.7 Å². The van der Waals surface area contributed by atoms with Crippen molar-refractivity contribution in [2.75, 3.05) is 19.7 Å². The molecule has 2 aliphatic rings. The average molecular weight is 388 g/mol. The fourth-order valence-corrected chi connectivity index (χ4v) is 3.77. The summed E-state index contributed by atoms with van der Waals surface area (Å²) in [6, 6.07) is 8.13. The van der Waals surface area contributed by atoms with Crippen LogP contribution in [0.25, 0.3) is 0 Å². The SMILES string of the molecule is CCOC(=O)CCN(CC1CC1)C(=O)CCc1cccc(OC2CCCC2)c1. The van der Waals surface area contributed by atoms with E-state index < -0.39 is 0 Å². The van der Waals surface area contributed by atoms with Gasteiger partial charge in [0.1, 0.15) is 5.75 Å². The van der Waals surface area contributed by atoms with Crippen molar-refractivity contribution in [3.63, 3.8) is 0 Å². The van der Waals surface area contributed by atoms with Gasteiger partial charge in [0.15, 0.2) is 0 Å². The summed E-state index contributed by atoms with van der Waals surface area (Å²) >= 11 is 0. The van der Waals surface area contributed by atoms with Gasteiger partial charge in [0, 0.05) is 19.5 Å². The number of esters is 1. The Hall–Kier alpha value is -2.04. The first-order valence-electron chi connectivity index (χ1n) is 10.8. The van der Waals surface area contributed by atoms with E-state index in [2.05, 4.69) is 12.1 Å². The molecule has 154 valence electrons. The van der Waals surface area contributed by atoms with Gasteiger partial charge in [-0.15, -0.1) is 0 Å².